The van der Waals surface area contributed by atoms with Gasteiger partial charge in [0.05, 0.1) is 6.04 Å². The Morgan fingerprint density at radius 2 is 1.81 bits per heavy atom. The molecule has 142 valence electrons. The van der Waals surface area contributed by atoms with Crippen molar-refractivity contribution in [2.24, 2.45) is 11.8 Å². The molecule has 5 nitrogen and oxygen atoms in total. The van der Waals surface area contributed by atoms with Crippen molar-refractivity contribution >= 4 is 17.5 Å². The van der Waals surface area contributed by atoms with Gasteiger partial charge in [-0.25, -0.2) is 0 Å². The van der Waals surface area contributed by atoms with E-state index in [1.807, 2.05) is 36.4 Å². The highest BCUT2D eigenvalue weighted by atomic mass is 16.5. The summed E-state index contributed by atoms with van der Waals surface area (Å²) >= 11 is 0. The molecule has 5 heteroatoms. The SMILES string of the molecule is CC(C)[C@H](NC(=O)COc1cccc(NC(=O)C2CC2)c1)c1ccccc1. The number of hydrogen-bond acceptors (Lipinski definition) is 3. The third-order valence-electron chi connectivity index (χ3n) is 4.56. The molecule has 2 amide bonds. The molecule has 0 aliphatic heterocycles. The molecule has 0 unspecified atom stereocenters. The second-order valence-electron chi connectivity index (χ2n) is 7.28. The van der Waals surface area contributed by atoms with E-state index < -0.39 is 0 Å². The summed E-state index contributed by atoms with van der Waals surface area (Å²) in [6, 6.07) is 17.0. The first-order valence-corrected chi connectivity index (χ1v) is 9.41. The lowest BCUT2D eigenvalue weighted by molar-refractivity contribution is -0.124. The molecule has 0 bridgehead atoms. The third kappa shape index (κ3) is 5.58. The topological polar surface area (TPSA) is 67.4 Å². The van der Waals surface area contributed by atoms with E-state index >= 15 is 0 Å². The fourth-order valence-electron chi connectivity index (χ4n) is 2.91. The summed E-state index contributed by atoms with van der Waals surface area (Å²) in [5.74, 6) is 0.834. The highest BCUT2D eigenvalue weighted by molar-refractivity contribution is 5.94. The van der Waals surface area contributed by atoms with Crippen LogP contribution in [0, 0.1) is 11.8 Å². The van der Waals surface area contributed by atoms with Crippen molar-refractivity contribution in [2.75, 3.05) is 11.9 Å². The van der Waals surface area contributed by atoms with Crippen LogP contribution in [0.25, 0.3) is 0 Å². The molecule has 2 aromatic rings. The summed E-state index contributed by atoms with van der Waals surface area (Å²) in [4.78, 5) is 24.2. The molecular weight excluding hydrogens is 340 g/mol. The van der Waals surface area contributed by atoms with Crippen LogP contribution in [0.4, 0.5) is 5.69 Å². The summed E-state index contributed by atoms with van der Waals surface area (Å²) in [7, 11) is 0. The second kappa shape index (κ2) is 8.71. The quantitative estimate of drug-likeness (QED) is 0.744. The molecule has 0 saturated heterocycles. The van der Waals surface area contributed by atoms with Gasteiger partial charge in [0, 0.05) is 17.7 Å². The van der Waals surface area contributed by atoms with Crippen LogP contribution in [0.2, 0.25) is 0 Å². The number of amides is 2. The van der Waals surface area contributed by atoms with Gasteiger partial charge in [-0.1, -0.05) is 50.2 Å². The highest BCUT2D eigenvalue weighted by Crippen LogP contribution is 2.30. The third-order valence-corrected chi connectivity index (χ3v) is 4.56. The zero-order valence-electron chi connectivity index (χ0n) is 15.8. The van der Waals surface area contributed by atoms with Gasteiger partial charge in [0.25, 0.3) is 5.91 Å². The monoisotopic (exact) mass is 366 g/mol. The molecule has 1 aliphatic rings. The van der Waals surface area contributed by atoms with E-state index in [0.717, 1.165) is 18.4 Å². The lowest BCUT2D eigenvalue weighted by Gasteiger charge is -2.23. The van der Waals surface area contributed by atoms with Crippen molar-refractivity contribution < 1.29 is 14.3 Å². The Hall–Kier alpha value is -2.82. The van der Waals surface area contributed by atoms with Crippen LogP contribution in [0.3, 0.4) is 0 Å². The molecule has 2 aromatic carbocycles. The minimum atomic E-state index is -0.176. The van der Waals surface area contributed by atoms with Crippen molar-refractivity contribution in [2.45, 2.75) is 32.7 Å². The average molecular weight is 366 g/mol. The van der Waals surface area contributed by atoms with E-state index in [4.69, 9.17) is 4.74 Å². The van der Waals surface area contributed by atoms with Gasteiger partial charge < -0.3 is 15.4 Å². The smallest absolute Gasteiger partial charge is 0.258 e. The predicted octanol–water partition coefficient (Wildman–Crippen LogP) is 3.93. The van der Waals surface area contributed by atoms with Crippen molar-refractivity contribution in [3.63, 3.8) is 0 Å². The first kappa shape index (κ1) is 19.0. The van der Waals surface area contributed by atoms with Gasteiger partial charge in [0.15, 0.2) is 6.61 Å². The number of carbonyl (C=O) groups is 2. The Kier molecular flexibility index (Phi) is 6.12. The Morgan fingerprint density at radius 3 is 2.48 bits per heavy atom. The fourth-order valence-corrected chi connectivity index (χ4v) is 2.91. The van der Waals surface area contributed by atoms with Crippen molar-refractivity contribution in [3.8, 4) is 5.75 Å². The van der Waals surface area contributed by atoms with Crippen LogP contribution >= 0.6 is 0 Å². The number of carbonyl (C=O) groups excluding carboxylic acids is 2. The first-order chi connectivity index (χ1) is 13.0. The van der Waals surface area contributed by atoms with Gasteiger partial charge in [-0.15, -0.1) is 0 Å². The Labute approximate surface area is 160 Å². The average Bonchev–Trinajstić information content (AvgIpc) is 3.50. The number of nitrogens with one attached hydrogen (secondary N) is 2. The summed E-state index contributed by atoms with van der Waals surface area (Å²) in [5, 5.41) is 5.92. The number of ether oxygens (including phenoxy) is 1. The van der Waals surface area contributed by atoms with Gasteiger partial charge in [-0.3, -0.25) is 9.59 Å². The number of benzene rings is 2. The van der Waals surface area contributed by atoms with Gasteiger partial charge in [-0.2, -0.15) is 0 Å². The van der Waals surface area contributed by atoms with E-state index in [0.29, 0.717) is 11.4 Å². The minimum Gasteiger partial charge on any atom is -0.484 e. The maximum Gasteiger partial charge on any atom is 0.258 e. The molecule has 1 fully saturated rings. The summed E-state index contributed by atoms with van der Waals surface area (Å²) in [6.45, 7) is 4.08. The largest absolute Gasteiger partial charge is 0.484 e. The maximum atomic E-state index is 12.4. The minimum absolute atomic E-state index is 0.0486. The molecule has 0 aromatic heterocycles. The van der Waals surface area contributed by atoms with Crippen molar-refractivity contribution in [3.05, 3.63) is 60.2 Å². The normalized spacial score (nSPS) is 14.5. The molecular formula is C22H26N2O3. The molecule has 2 N–H and O–H groups in total. The van der Waals surface area contributed by atoms with Crippen LogP contribution in [0.5, 0.6) is 5.75 Å². The van der Waals surface area contributed by atoms with Gasteiger partial charge in [-0.05, 0) is 36.5 Å². The summed E-state index contributed by atoms with van der Waals surface area (Å²) in [6.07, 6.45) is 1.92. The van der Waals surface area contributed by atoms with Crippen molar-refractivity contribution in [1.29, 1.82) is 0 Å². The Bertz CT molecular complexity index is 785. The zero-order chi connectivity index (χ0) is 19.2. The van der Waals surface area contributed by atoms with Crippen LogP contribution in [0.15, 0.2) is 54.6 Å². The number of hydrogen-bond donors (Lipinski definition) is 2. The standard InChI is InChI=1S/C22H26N2O3/c1-15(2)21(16-7-4-3-5-8-16)24-20(25)14-27-19-10-6-9-18(13-19)23-22(26)17-11-12-17/h3-10,13,15,17,21H,11-12,14H2,1-2H3,(H,23,26)(H,24,25)/t21-/m0/s1. The second-order valence-corrected chi connectivity index (χ2v) is 7.28. The van der Waals surface area contributed by atoms with Crippen LogP contribution in [0.1, 0.15) is 38.3 Å². The highest BCUT2D eigenvalue weighted by Gasteiger charge is 2.29. The Morgan fingerprint density at radius 1 is 1.07 bits per heavy atom. The number of rotatable bonds is 8. The molecule has 1 atom stereocenters. The van der Waals surface area contributed by atoms with Crippen molar-refractivity contribution in [1.82, 2.24) is 5.32 Å². The van der Waals surface area contributed by atoms with E-state index in [9.17, 15) is 9.59 Å². The van der Waals surface area contributed by atoms with Gasteiger partial charge in [0.1, 0.15) is 5.75 Å². The molecule has 0 spiro atoms. The molecule has 1 saturated carbocycles. The van der Waals surface area contributed by atoms with E-state index in [-0.39, 0.29) is 36.3 Å². The van der Waals surface area contributed by atoms with E-state index in [2.05, 4.69) is 24.5 Å². The lowest BCUT2D eigenvalue weighted by Crippen LogP contribution is -2.35. The first-order valence-electron chi connectivity index (χ1n) is 9.41. The fraction of sp³-hybridized carbons (Fsp3) is 0.364. The molecule has 0 radical (unpaired) electrons. The molecule has 27 heavy (non-hydrogen) atoms. The van der Waals surface area contributed by atoms with Crippen LogP contribution < -0.4 is 15.4 Å². The lowest BCUT2D eigenvalue weighted by atomic mass is 9.96. The number of anilines is 1. The zero-order valence-corrected chi connectivity index (χ0v) is 15.8. The maximum absolute atomic E-state index is 12.4. The predicted molar refractivity (Wildman–Crippen MR) is 105 cm³/mol. The summed E-state index contributed by atoms with van der Waals surface area (Å²) < 4.78 is 5.62. The Balaban J connectivity index is 1.54. The molecule has 1 aliphatic carbocycles. The van der Waals surface area contributed by atoms with Crippen LogP contribution in [-0.2, 0) is 9.59 Å². The molecule has 3 rings (SSSR count). The van der Waals surface area contributed by atoms with Gasteiger partial charge in [0.2, 0.25) is 5.91 Å². The van der Waals surface area contributed by atoms with Gasteiger partial charge >= 0.3 is 0 Å². The van der Waals surface area contributed by atoms with Crippen LogP contribution in [-0.4, -0.2) is 18.4 Å². The van der Waals surface area contributed by atoms with E-state index in [1.165, 1.54) is 0 Å². The van der Waals surface area contributed by atoms with E-state index in [1.54, 1.807) is 18.2 Å². The molecule has 0 heterocycles. The summed E-state index contributed by atoms with van der Waals surface area (Å²) in [5.41, 5.74) is 1.76.